The molecule has 0 unspecified atom stereocenters. The van der Waals surface area contributed by atoms with Crippen molar-refractivity contribution in [3.63, 3.8) is 0 Å². The number of carbonyl (C=O) groups is 2. The highest BCUT2D eigenvalue weighted by Crippen LogP contribution is 2.26. The number of pyridine rings is 1. The van der Waals surface area contributed by atoms with Crippen molar-refractivity contribution in [3.8, 4) is 0 Å². The lowest BCUT2D eigenvalue weighted by Gasteiger charge is -2.17. The highest BCUT2D eigenvalue weighted by Gasteiger charge is 2.15. The van der Waals surface area contributed by atoms with Crippen LogP contribution in [0.3, 0.4) is 0 Å². The molecular formula is C18H16N4O2. The molecule has 120 valence electrons. The van der Waals surface area contributed by atoms with Crippen LogP contribution in [0.4, 0.5) is 11.4 Å². The van der Waals surface area contributed by atoms with Gasteiger partial charge in [-0.15, -0.1) is 0 Å². The number of anilines is 2. The Kier molecular flexibility index (Phi) is 3.49. The molecule has 1 aliphatic rings. The summed E-state index contributed by atoms with van der Waals surface area (Å²) < 4.78 is 0. The van der Waals surface area contributed by atoms with Crippen LogP contribution in [0.25, 0.3) is 11.0 Å². The van der Waals surface area contributed by atoms with E-state index >= 15 is 0 Å². The number of rotatable bonds is 3. The molecule has 1 aromatic carbocycles. The van der Waals surface area contributed by atoms with Crippen molar-refractivity contribution in [2.45, 2.75) is 19.3 Å². The van der Waals surface area contributed by atoms with Gasteiger partial charge in [0.15, 0.2) is 0 Å². The Morgan fingerprint density at radius 3 is 3.08 bits per heavy atom. The minimum absolute atomic E-state index is 0.0114. The molecule has 6 heteroatoms. The van der Waals surface area contributed by atoms with Gasteiger partial charge in [0.25, 0.3) is 0 Å². The van der Waals surface area contributed by atoms with Gasteiger partial charge in [-0.3, -0.25) is 9.59 Å². The van der Waals surface area contributed by atoms with Gasteiger partial charge in [0.1, 0.15) is 5.65 Å². The highest BCUT2D eigenvalue weighted by molar-refractivity contribution is 5.98. The largest absolute Gasteiger partial charge is 0.346 e. The van der Waals surface area contributed by atoms with E-state index in [4.69, 9.17) is 0 Å². The number of nitrogens with one attached hydrogen (secondary N) is 3. The number of hydrogen-bond donors (Lipinski definition) is 3. The summed E-state index contributed by atoms with van der Waals surface area (Å²) in [5, 5.41) is 6.67. The average Bonchev–Trinajstić information content (AvgIpc) is 2.97. The summed E-state index contributed by atoms with van der Waals surface area (Å²) in [6.07, 6.45) is 5.02. The first kappa shape index (κ1) is 14.4. The smallest absolute Gasteiger partial charge is 0.228 e. The molecule has 0 aliphatic carbocycles. The van der Waals surface area contributed by atoms with Gasteiger partial charge in [-0.1, -0.05) is 6.07 Å². The van der Waals surface area contributed by atoms with Crippen LogP contribution in [0.2, 0.25) is 0 Å². The summed E-state index contributed by atoms with van der Waals surface area (Å²) >= 11 is 0. The van der Waals surface area contributed by atoms with Gasteiger partial charge in [0.2, 0.25) is 11.8 Å². The third kappa shape index (κ3) is 2.74. The predicted molar refractivity (Wildman–Crippen MR) is 91.8 cm³/mol. The Hall–Kier alpha value is -3.15. The molecule has 0 fully saturated rings. The van der Waals surface area contributed by atoms with Crippen molar-refractivity contribution in [1.82, 2.24) is 9.97 Å². The molecule has 1 aliphatic heterocycles. The number of aromatic amines is 1. The standard InChI is InChI=1S/C18H16N4O2/c23-16-6-4-11-3-5-13(9-15(11)22-16)21-17(24)8-12-10-20-18-14(12)2-1-7-19-18/h1-3,5,7,9-10H,4,6,8H2,(H,19,20)(H,21,24)(H,22,23). The number of carbonyl (C=O) groups excluding carboxylic acids is 2. The van der Waals surface area contributed by atoms with Crippen LogP contribution in [0.5, 0.6) is 0 Å². The number of aryl methyl sites for hydroxylation is 1. The van der Waals surface area contributed by atoms with Crippen LogP contribution in [-0.2, 0) is 22.4 Å². The average molecular weight is 320 g/mol. The molecule has 3 heterocycles. The first-order valence-corrected chi connectivity index (χ1v) is 7.82. The van der Waals surface area contributed by atoms with Crippen molar-refractivity contribution in [2.24, 2.45) is 0 Å². The van der Waals surface area contributed by atoms with Gasteiger partial charge < -0.3 is 15.6 Å². The maximum absolute atomic E-state index is 12.3. The zero-order valence-electron chi connectivity index (χ0n) is 12.9. The van der Waals surface area contributed by atoms with Crippen LogP contribution in [0.1, 0.15) is 17.5 Å². The molecule has 2 amide bonds. The van der Waals surface area contributed by atoms with E-state index in [9.17, 15) is 9.59 Å². The normalized spacial score (nSPS) is 13.4. The maximum Gasteiger partial charge on any atom is 0.228 e. The number of H-pyrrole nitrogens is 1. The summed E-state index contributed by atoms with van der Waals surface area (Å²) in [5.41, 5.74) is 4.23. The monoisotopic (exact) mass is 320 g/mol. The molecule has 0 saturated heterocycles. The predicted octanol–water partition coefficient (Wildman–Crippen LogP) is 2.63. The Morgan fingerprint density at radius 1 is 1.25 bits per heavy atom. The summed E-state index contributed by atoms with van der Waals surface area (Å²) in [7, 11) is 0. The first-order chi connectivity index (χ1) is 11.7. The summed E-state index contributed by atoms with van der Waals surface area (Å²) in [6, 6.07) is 9.41. The topological polar surface area (TPSA) is 86.9 Å². The quantitative estimate of drug-likeness (QED) is 0.693. The summed E-state index contributed by atoms with van der Waals surface area (Å²) in [5.74, 6) is -0.0980. The number of fused-ring (bicyclic) bond motifs is 2. The molecule has 4 rings (SSSR count). The van der Waals surface area contributed by atoms with E-state index in [1.807, 2.05) is 30.5 Å². The third-order valence-electron chi connectivity index (χ3n) is 4.18. The SMILES string of the molecule is O=C(Cc1c[nH]c2ncccc12)Nc1ccc2c(c1)NC(=O)CC2. The number of hydrogen-bond acceptors (Lipinski definition) is 3. The Bertz CT molecular complexity index is 945. The minimum Gasteiger partial charge on any atom is -0.346 e. The lowest BCUT2D eigenvalue weighted by molar-refractivity contribution is -0.116. The van der Waals surface area contributed by atoms with Gasteiger partial charge in [0, 0.05) is 35.6 Å². The van der Waals surface area contributed by atoms with Crippen LogP contribution in [0, 0.1) is 0 Å². The Labute approximate surface area is 138 Å². The van der Waals surface area contributed by atoms with E-state index in [-0.39, 0.29) is 18.2 Å². The van der Waals surface area contributed by atoms with Gasteiger partial charge >= 0.3 is 0 Å². The Morgan fingerprint density at radius 2 is 2.17 bits per heavy atom. The van der Waals surface area contributed by atoms with E-state index in [2.05, 4.69) is 20.6 Å². The van der Waals surface area contributed by atoms with Crippen molar-refractivity contribution in [3.05, 3.63) is 53.9 Å². The first-order valence-electron chi connectivity index (χ1n) is 7.82. The van der Waals surface area contributed by atoms with Crippen LogP contribution in [0.15, 0.2) is 42.7 Å². The fraction of sp³-hybridized carbons (Fsp3) is 0.167. The van der Waals surface area contributed by atoms with Crippen molar-refractivity contribution < 1.29 is 9.59 Å². The second-order valence-corrected chi connectivity index (χ2v) is 5.86. The molecule has 24 heavy (non-hydrogen) atoms. The van der Waals surface area contributed by atoms with E-state index in [0.717, 1.165) is 34.3 Å². The summed E-state index contributed by atoms with van der Waals surface area (Å²) in [4.78, 5) is 31.1. The molecule has 0 spiro atoms. The van der Waals surface area contributed by atoms with Gasteiger partial charge in [0.05, 0.1) is 6.42 Å². The fourth-order valence-corrected chi connectivity index (χ4v) is 2.99. The number of amides is 2. The molecule has 2 aromatic heterocycles. The van der Waals surface area contributed by atoms with Crippen LogP contribution >= 0.6 is 0 Å². The molecule has 0 bridgehead atoms. The third-order valence-corrected chi connectivity index (χ3v) is 4.18. The summed E-state index contributed by atoms with van der Waals surface area (Å²) in [6.45, 7) is 0. The molecule has 0 radical (unpaired) electrons. The lowest BCUT2D eigenvalue weighted by atomic mass is 10.0. The molecule has 0 atom stereocenters. The number of aromatic nitrogens is 2. The van der Waals surface area contributed by atoms with Crippen molar-refractivity contribution in [2.75, 3.05) is 10.6 Å². The molecule has 3 aromatic rings. The number of benzene rings is 1. The highest BCUT2D eigenvalue weighted by atomic mass is 16.2. The number of nitrogens with zero attached hydrogens (tertiary/aromatic N) is 1. The second-order valence-electron chi connectivity index (χ2n) is 5.86. The lowest BCUT2D eigenvalue weighted by Crippen LogP contribution is -2.20. The van der Waals surface area contributed by atoms with E-state index in [1.165, 1.54) is 0 Å². The second kappa shape index (κ2) is 5.81. The molecule has 0 saturated carbocycles. The zero-order valence-corrected chi connectivity index (χ0v) is 12.9. The van der Waals surface area contributed by atoms with Crippen molar-refractivity contribution >= 4 is 34.2 Å². The van der Waals surface area contributed by atoms with Gasteiger partial charge in [-0.25, -0.2) is 4.98 Å². The molecule has 3 N–H and O–H groups in total. The van der Waals surface area contributed by atoms with E-state index < -0.39 is 0 Å². The van der Waals surface area contributed by atoms with Gasteiger partial charge in [-0.2, -0.15) is 0 Å². The fourth-order valence-electron chi connectivity index (χ4n) is 2.99. The molecular weight excluding hydrogens is 304 g/mol. The maximum atomic E-state index is 12.3. The van der Waals surface area contributed by atoms with E-state index in [0.29, 0.717) is 12.1 Å². The zero-order chi connectivity index (χ0) is 16.5. The van der Waals surface area contributed by atoms with Crippen molar-refractivity contribution in [1.29, 1.82) is 0 Å². The van der Waals surface area contributed by atoms with Crippen LogP contribution in [-0.4, -0.2) is 21.8 Å². The Balaban J connectivity index is 1.50. The van der Waals surface area contributed by atoms with Crippen LogP contribution < -0.4 is 10.6 Å². The minimum atomic E-state index is -0.109. The molecule has 6 nitrogen and oxygen atoms in total. The van der Waals surface area contributed by atoms with Gasteiger partial charge in [-0.05, 0) is 41.8 Å². The van der Waals surface area contributed by atoms with E-state index in [1.54, 1.807) is 12.3 Å².